The van der Waals surface area contributed by atoms with E-state index in [1.54, 1.807) is 12.3 Å². The fraction of sp³-hybridized carbons (Fsp3) is 0.273. The molecule has 0 spiro atoms. The molecule has 0 saturated heterocycles. The number of carbonyl (C=O) groups excluding carboxylic acids is 2. The summed E-state index contributed by atoms with van der Waals surface area (Å²) in [5.41, 5.74) is 1.21. The van der Waals surface area contributed by atoms with Crippen molar-refractivity contribution in [2.24, 2.45) is 0 Å². The first-order valence-electron chi connectivity index (χ1n) is 4.81. The van der Waals surface area contributed by atoms with Crippen LogP contribution >= 0.6 is 11.3 Å². The summed E-state index contributed by atoms with van der Waals surface area (Å²) in [6.07, 6.45) is 0.831. The lowest BCUT2D eigenvalue weighted by Gasteiger charge is -2.06. The highest BCUT2D eigenvalue weighted by atomic mass is 32.1. The van der Waals surface area contributed by atoms with E-state index in [1.807, 2.05) is 0 Å². The van der Waals surface area contributed by atoms with Gasteiger partial charge in [0.15, 0.2) is 0 Å². The summed E-state index contributed by atoms with van der Waals surface area (Å²) in [6, 6.07) is 0. The number of rotatable bonds is 4. The molecule has 6 heteroatoms. The largest absolute Gasteiger partial charge is 0.465 e. The highest BCUT2D eigenvalue weighted by Crippen LogP contribution is 2.28. The van der Waals surface area contributed by atoms with Gasteiger partial charge in [0, 0.05) is 0 Å². The maximum atomic E-state index is 11.4. The average Bonchev–Trinajstić information content (AvgIpc) is 2.67. The molecule has 1 aromatic heterocycles. The van der Waals surface area contributed by atoms with Crippen LogP contribution in [0.25, 0.3) is 0 Å². The van der Waals surface area contributed by atoms with E-state index in [0.717, 1.165) is 5.56 Å². The molecular formula is C11H13NO4S. The average molecular weight is 255 g/mol. The molecule has 1 amide bonds. The Bertz CT molecular complexity index is 439. The molecule has 1 heterocycles. The summed E-state index contributed by atoms with van der Waals surface area (Å²) in [4.78, 5) is 23.1. The fourth-order valence-corrected chi connectivity index (χ4v) is 2.04. The Hall–Kier alpha value is -1.82. The number of hydrogen-bond acceptors (Lipinski definition) is 5. The zero-order valence-electron chi connectivity index (χ0n) is 9.61. The van der Waals surface area contributed by atoms with Crippen molar-refractivity contribution in [3.8, 4) is 0 Å². The van der Waals surface area contributed by atoms with Crippen molar-refractivity contribution >= 4 is 29.1 Å². The number of carbonyl (C=O) groups is 2. The SMILES string of the molecule is C=CCOC(=O)Nc1c(C)csc1C(=O)OC. The minimum atomic E-state index is -0.628. The molecule has 0 atom stereocenters. The van der Waals surface area contributed by atoms with E-state index in [-0.39, 0.29) is 6.61 Å². The van der Waals surface area contributed by atoms with Crippen LogP contribution in [-0.4, -0.2) is 25.8 Å². The summed E-state index contributed by atoms with van der Waals surface area (Å²) < 4.78 is 9.39. The van der Waals surface area contributed by atoms with Crippen molar-refractivity contribution in [2.45, 2.75) is 6.92 Å². The van der Waals surface area contributed by atoms with Crippen molar-refractivity contribution in [2.75, 3.05) is 19.0 Å². The Kier molecular flexibility index (Phi) is 4.71. The molecule has 0 unspecified atom stereocenters. The smallest absolute Gasteiger partial charge is 0.411 e. The van der Waals surface area contributed by atoms with Crippen molar-refractivity contribution in [1.82, 2.24) is 0 Å². The predicted octanol–water partition coefficient (Wildman–Crippen LogP) is 2.58. The van der Waals surface area contributed by atoms with Crippen molar-refractivity contribution in [1.29, 1.82) is 0 Å². The van der Waals surface area contributed by atoms with Gasteiger partial charge in [-0.05, 0) is 17.9 Å². The summed E-state index contributed by atoms with van der Waals surface area (Å²) in [5.74, 6) is -0.484. The highest BCUT2D eigenvalue weighted by Gasteiger charge is 2.18. The topological polar surface area (TPSA) is 64.6 Å². The maximum Gasteiger partial charge on any atom is 0.411 e. The second-order valence-corrected chi connectivity index (χ2v) is 4.01. The monoisotopic (exact) mass is 255 g/mol. The minimum Gasteiger partial charge on any atom is -0.465 e. The van der Waals surface area contributed by atoms with Gasteiger partial charge in [0.1, 0.15) is 11.5 Å². The van der Waals surface area contributed by atoms with Gasteiger partial charge in [-0.25, -0.2) is 9.59 Å². The fourth-order valence-electron chi connectivity index (χ4n) is 1.12. The lowest BCUT2D eigenvalue weighted by atomic mass is 10.3. The van der Waals surface area contributed by atoms with Gasteiger partial charge >= 0.3 is 12.1 Å². The summed E-state index contributed by atoms with van der Waals surface area (Å²) in [5, 5.41) is 4.27. The van der Waals surface area contributed by atoms with E-state index in [4.69, 9.17) is 4.74 Å². The molecule has 5 nitrogen and oxygen atoms in total. The third kappa shape index (κ3) is 3.32. The molecule has 0 aliphatic heterocycles. The van der Waals surface area contributed by atoms with Crippen molar-refractivity contribution < 1.29 is 19.1 Å². The van der Waals surface area contributed by atoms with E-state index >= 15 is 0 Å². The number of ether oxygens (including phenoxy) is 2. The Morgan fingerprint density at radius 2 is 2.29 bits per heavy atom. The van der Waals surface area contributed by atoms with Crippen LogP contribution in [0.3, 0.4) is 0 Å². The number of esters is 1. The standard InChI is InChI=1S/C11H13NO4S/c1-4-5-16-11(14)12-8-7(2)6-17-9(8)10(13)15-3/h4,6H,1,5H2,2-3H3,(H,12,14). The van der Waals surface area contributed by atoms with Crippen molar-refractivity contribution in [3.63, 3.8) is 0 Å². The zero-order valence-corrected chi connectivity index (χ0v) is 10.4. The van der Waals surface area contributed by atoms with Gasteiger partial charge < -0.3 is 9.47 Å². The van der Waals surface area contributed by atoms with Crippen LogP contribution < -0.4 is 5.32 Å². The second kappa shape index (κ2) is 6.05. The molecule has 0 aromatic carbocycles. The molecule has 0 saturated carbocycles. The molecule has 0 radical (unpaired) electrons. The molecule has 1 N–H and O–H groups in total. The second-order valence-electron chi connectivity index (χ2n) is 3.13. The van der Waals surface area contributed by atoms with Crippen LogP contribution in [0.4, 0.5) is 10.5 Å². The van der Waals surface area contributed by atoms with Gasteiger partial charge in [-0.15, -0.1) is 11.3 Å². The van der Waals surface area contributed by atoms with Crippen LogP contribution in [-0.2, 0) is 9.47 Å². The first-order chi connectivity index (χ1) is 8.10. The molecule has 1 aromatic rings. The molecule has 1 rings (SSSR count). The number of aryl methyl sites for hydroxylation is 1. The van der Waals surface area contributed by atoms with Crippen molar-refractivity contribution in [3.05, 3.63) is 28.5 Å². The number of hydrogen-bond donors (Lipinski definition) is 1. The molecule has 0 aliphatic rings. The van der Waals surface area contributed by atoms with E-state index in [2.05, 4.69) is 16.6 Å². The number of thiophene rings is 1. The van der Waals surface area contributed by atoms with E-state index in [1.165, 1.54) is 24.5 Å². The van der Waals surface area contributed by atoms with E-state index < -0.39 is 12.1 Å². The number of amides is 1. The minimum absolute atomic E-state index is 0.114. The predicted molar refractivity (Wildman–Crippen MR) is 65.6 cm³/mol. The van der Waals surface area contributed by atoms with Gasteiger partial charge in [0.05, 0.1) is 12.8 Å². The molecular weight excluding hydrogens is 242 g/mol. The van der Waals surface area contributed by atoms with Crippen LogP contribution in [0.5, 0.6) is 0 Å². The third-order valence-electron chi connectivity index (χ3n) is 1.91. The van der Waals surface area contributed by atoms with Crippen LogP contribution in [0, 0.1) is 6.92 Å². The zero-order chi connectivity index (χ0) is 12.8. The normalized spacial score (nSPS) is 9.53. The van der Waals surface area contributed by atoms with Crippen LogP contribution in [0.1, 0.15) is 15.2 Å². The van der Waals surface area contributed by atoms with Gasteiger partial charge in [0.2, 0.25) is 0 Å². The lowest BCUT2D eigenvalue weighted by molar-refractivity contribution is 0.0607. The first kappa shape index (κ1) is 13.2. The maximum absolute atomic E-state index is 11.4. The summed E-state index contributed by atoms with van der Waals surface area (Å²) in [6.45, 7) is 5.33. The van der Waals surface area contributed by atoms with Crippen LogP contribution in [0.2, 0.25) is 0 Å². The number of nitrogens with one attached hydrogen (secondary N) is 1. The van der Waals surface area contributed by atoms with Gasteiger partial charge in [0.25, 0.3) is 0 Å². The highest BCUT2D eigenvalue weighted by molar-refractivity contribution is 7.12. The molecule has 0 fully saturated rings. The Labute approximate surface area is 103 Å². The van der Waals surface area contributed by atoms with Gasteiger partial charge in [-0.3, -0.25) is 5.32 Å². The van der Waals surface area contributed by atoms with Crippen LogP contribution in [0.15, 0.2) is 18.0 Å². The Morgan fingerprint density at radius 3 is 2.88 bits per heavy atom. The number of methoxy groups -OCH3 is 1. The Morgan fingerprint density at radius 1 is 1.59 bits per heavy atom. The van der Waals surface area contributed by atoms with Gasteiger partial charge in [-0.2, -0.15) is 0 Å². The quantitative estimate of drug-likeness (QED) is 0.663. The first-order valence-corrected chi connectivity index (χ1v) is 5.69. The van der Waals surface area contributed by atoms with Gasteiger partial charge in [-0.1, -0.05) is 12.7 Å². The van der Waals surface area contributed by atoms with E-state index in [0.29, 0.717) is 10.6 Å². The Balaban J connectivity index is 2.82. The lowest BCUT2D eigenvalue weighted by Crippen LogP contribution is -2.16. The van der Waals surface area contributed by atoms with E-state index in [9.17, 15) is 9.59 Å². The molecule has 0 bridgehead atoms. The summed E-state index contributed by atoms with van der Waals surface area (Å²) >= 11 is 1.21. The molecule has 92 valence electrons. The summed E-state index contributed by atoms with van der Waals surface area (Å²) in [7, 11) is 1.29. The number of anilines is 1. The molecule has 17 heavy (non-hydrogen) atoms. The molecule has 0 aliphatic carbocycles. The third-order valence-corrected chi connectivity index (χ3v) is 2.98.